The number of nitrogens with one attached hydrogen (secondary N) is 2. The van der Waals surface area contributed by atoms with Crippen molar-refractivity contribution in [1.82, 2.24) is 10.2 Å². The van der Waals surface area contributed by atoms with Gasteiger partial charge in [-0.15, -0.1) is 0 Å². The molecular formula is C21H21N3O6. The zero-order valence-electron chi connectivity index (χ0n) is 16.6. The molecule has 0 radical (unpaired) electrons. The summed E-state index contributed by atoms with van der Waals surface area (Å²) in [6.45, 7) is 2.05. The van der Waals surface area contributed by atoms with Gasteiger partial charge in [0.25, 0.3) is 5.91 Å². The molecule has 2 N–H and O–H groups in total. The average Bonchev–Trinajstić information content (AvgIpc) is 2.98. The zero-order chi connectivity index (χ0) is 21.3. The van der Waals surface area contributed by atoms with Gasteiger partial charge in [0.1, 0.15) is 31.0 Å². The number of benzene rings is 2. The summed E-state index contributed by atoms with van der Waals surface area (Å²) in [6, 6.07) is 11.2. The number of amides is 4. The lowest BCUT2D eigenvalue weighted by molar-refractivity contribution is -0.133. The van der Waals surface area contributed by atoms with Crippen molar-refractivity contribution >= 4 is 23.5 Å². The van der Waals surface area contributed by atoms with Gasteiger partial charge in [0.05, 0.1) is 7.11 Å². The van der Waals surface area contributed by atoms with E-state index in [0.29, 0.717) is 41.7 Å². The lowest BCUT2D eigenvalue weighted by Crippen LogP contribution is -2.42. The number of methoxy groups -OCH3 is 1. The standard InChI is InChI=1S/C21H21N3O6/c1-21(13-3-8-16-17(11-13)30-10-9-29-16)19(26)24(20(27)23-21)12-18(25)22-14-4-6-15(28-2)7-5-14/h3-8,11H,9-10,12H2,1-2H3,(H,22,25)(H,23,27)/t21-/m1/s1. The highest BCUT2D eigenvalue weighted by Crippen LogP contribution is 2.36. The Bertz CT molecular complexity index is 1010. The van der Waals surface area contributed by atoms with Gasteiger partial charge in [-0.25, -0.2) is 4.79 Å². The van der Waals surface area contributed by atoms with E-state index in [-0.39, 0.29) is 0 Å². The predicted octanol–water partition coefficient (Wildman–Crippen LogP) is 1.87. The highest BCUT2D eigenvalue weighted by Gasteiger charge is 2.49. The molecule has 1 fully saturated rings. The van der Waals surface area contributed by atoms with Crippen molar-refractivity contribution in [2.24, 2.45) is 0 Å². The number of hydrogen-bond acceptors (Lipinski definition) is 6. The van der Waals surface area contributed by atoms with Crippen molar-refractivity contribution in [3.05, 3.63) is 48.0 Å². The predicted molar refractivity (Wildman–Crippen MR) is 107 cm³/mol. The second kappa shape index (κ2) is 7.58. The molecule has 0 aromatic heterocycles. The lowest BCUT2D eigenvalue weighted by Gasteiger charge is -2.25. The number of fused-ring (bicyclic) bond motifs is 1. The normalized spacial score (nSPS) is 20.0. The molecule has 30 heavy (non-hydrogen) atoms. The van der Waals surface area contributed by atoms with Crippen molar-refractivity contribution in [1.29, 1.82) is 0 Å². The van der Waals surface area contributed by atoms with Crippen LogP contribution < -0.4 is 24.8 Å². The largest absolute Gasteiger partial charge is 0.497 e. The summed E-state index contributed by atoms with van der Waals surface area (Å²) < 4.78 is 16.1. The maximum Gasteiger partial charge on any atom is 0.325 e. The zero-order valence-corrected chi connectivity index (χ0v) is 16.6. The number of carbonyl (C=O) groups excluding carboxylic acids is 3. The van der Waals surface area contributed by atoms with Crippen LogP contribution in [0.2, 0.25) is 0 Å². The van der Waals surface area contributed by atoms with Gasteiger partial charge >= 0.3 is 6.03 Å². The van der Waals surface area contributed by atoms with Crippen molar-refractivity contribution in [2.45, 2.75) is 12.5 Å². The van der Waals surface area contributed by atoms with E-state index in [9.17, 15) is 14.4 Å². The van der Waals surface area contributed by atoms with Gasteiger partial charge in [0.15, 0.2) is 11.5 Å². The van der Waals surface area contributed by atoms with Crippen LogP contribution in [-0.2, 0) is 15.1 Å². The van der Waals surface area contributed by atoms with Crippen LogP contribution in [0.25, 0.3) is 0 Å². The van der Waals surface area contributed by atoms with E-state index in [2.05, 4.69) is 10.6 Å². The van der Waals surface area contributed by atoms with Crippen LogP contribution in [-0.4, -0.2) is 49.6 Å². The van der Waals surface area contributed by atoms with Crippen molar-refractivity contribution in [3.63, 3.8) is 0 Å². The first-order valence-electron chi connectivity index (χ1n) is 9.39. The van der Waals surface area contributed by atoms with Crippen LogP contribution in [0.3, 0.4) is 0 Å². The average molecular weight is 411 g/mol. The summed E-state index contributed by atoms with van der Waals surface area (Å²) in [5.41, 5.74) is -0.238. The number of nitrogens with zero attached hydrogens (tertiary/aromatic N) is 1. The van der Waals surface area contributed by atoms with Crippen LogP contribution in [0.5, 0.6) is 17.2 Å². The maximum absolute atomic E-state index is 13.1. The van der Waals surface area contributed by atoms with E-state index in [1.54, 1.807) is 56.5 Å². The lowest BCUT2D eigenvalue weighted by atomic mass is 9.91. The second-order valence-electron chi connectivity index (χ2n) is 7.08. The molecule has 0 bridgehead atoms. The van der Waals surface area contributed by atoms with Crippen molar-refractivity contribution in [2.75, 3.05) is 32.2 Å². The fourth-order valence-corrected chi connectivity index (χ4v) is 3.41. The van der Waals surface area contributed by atoms with Gasteiger partial charge in [-0.3, -0.25) is 14.5 Å². The van der Waals surface area contributed by atoms with Crippen molar-refractivity contribution < 1.29 is 28.6 Å². The molecule has 2 aromatic carbocycles. The molecule has 0 saturated carbocycles. The minimum atomic E-state index is -1.31. The molecule has 2 aliphatic heterocycles. The minimum Gasteiger partial charge on any atom is -0.497 e. The first-order valence-corrected chi connectivity index (χ1v) is 9.39. The molecule has 9 heteroatoms. The van der Waals surface area contributed by atoms with E-state index in [1.807, 2.05) is 0 Å². The third-order valence-corrected chi connectivity index (χ3v) is 5.07. The van der Waals surface area contributed by atoms with E-state index >= 15 is 0 Å². The third kappa shape index (κ3) is 3.49. The van der Waals surface area contributed by atoms with Crippen LogP contribution in [0.4, 0.5) is 10.5 Å². The highest BCUT2D eigenvalue weighted by atomic mass is 16.6. The van der Waals surface area contributed by atoms with E-state index in [4.69, 9.17) is 14.2 Å². The molecule has 1 atom stereocenters. The molecule has 2 aromatic rings. The molecular weight excluding hydrogens is 390 g/mol. The Morgan fingerprint density at radius 2 is 1.83 bits per heavy atom. The number of carbonyl (C=O) groups is 3. The van der Waals surface area contributed by atoms with Gasteiger partial charge in [-0.2, -0.15) is 0 Å². The van der Waals surface area contributed by atoms with Gasteiger partial charge < -0.3 is 24.8 Å². The smallest absolute Gasteiger partial charge is 0.325 e. The van der Waals surface area contributed by atoms with Crippen molar-refractivity contribution in [3.8, 4) is 17.2 Å². The van der Waals surface area contributed by atoms with E-state index < -0.39 is 29.9 Å². The van der Waals surface area contributed by atoms with Crippen LogP contribution >= 0.6 is 0 Å². The number of ether oxygens (including phenoxy) is 3. The fourth-order valence-electron chi connectivity index (χ4n) is 3.41. The van der Waals surface area contributed by atoms with Gasteiger partial charge in [-0.1, -0.05) is 6.07 Å². The Morgan fingerprint density at radius 1 is 1.13 bits per heavy atom. The summed E-state index contributed by atoms with van der Waals surface area (Å²) in [5.74, 6) is 0.736. The van der Waals surface area contributed by atoms with Gasteiger partial charge in [-0.05, 0) is 48.9 Å². The molecule has 2 aliphatic rings. The molecule has 1 saturated heterocycles. The molecule has 4 amide bonds. The van der Waals surface area contributed by atoms with E-state index in [0.717, 1.165) is 4.90 Å². The number of urea groups is 1. The van der Waals surface area contributed by atoms with Gasteiger partial charge in [0, 0.05) is 5.69 Å². The quantitative estimate of drug-likeness (QED) is 0.728. The van der Waals surface area contributed by atoms with Crippen LogP contribution in [0.1, 0.15) is 12.5 Å². The Balaban J connectivity index is 1.48. The molecule has 4 rings (SSSR count). The molecule has 9 nitrogen and oxygen atoms in total. The van der Waals surface area contributed by atoms with Gasteiger partial charge in [0.2, 0.25) is 5.91 Å². The van der Waals surface area contributed by atoms with E-state index in [1.165, 1.54) is 0 Å². The molecule has 0 aliphatic carbocycles. The Labute approximate surface area is 172 Å². The summed E-state index contributed by atoms with van der Waals surface area (Å²) in [5, 5.41) is 5.35. The SMILES string of the molecule is COc1ccc(NC(=O)CN2C(=O)N[C@](C)(c3ccc4c(c3)OCCO4)C2=O)cc1. The highest BCUT2D eigenvalue weighted by molar-refractivity contribution is 6.10. The summed E-state index contributed by atoms with van der Waals surface area (Å²) in [4.78, 5) is 38.8. The summed E-state index contributed by atoms with van der Waals surface area (Å²) in [7, 11) is 1.55. The second-order valence-corrected chi connectivity index (χ2v) is 7.08. The Morgan fingerprint density at radius 3 is 2.53 bits per heavy atom. The molecule has 0 unspecified atom stereocenters. The van der Waals surface area contributed by atoms with Crippen LogP contribution in [0.15, 0.2) is 42.5 Å². The molecule has 2 heterocycles. The molecule has 0 spiro atoms. The number of hydrogen-bond donors (Lipinski definition) is 2. The maximum atomic E-state index is 13.1. The number of rotatable bonds is 5. The summed E-state index contributed by atoms with van der Waals surface area (Å²) in [6.07, 6.45) is 0. The Kier molecular flexibility index (Phi) is 4.94. The first-order chi connectivity index (χ1) is 14.4. The fraction of sp³-hybridized carbons (Fsp3) is 0.286. The Hall–Kier alpha value is -3.75. The topological polar surface area (TPSA) is 106 Å². The number of anilines is 1. The monoisotopic (exact) mass is 411 g/mol. The molecule has 156 valence electrons. The number of imide groups is 1. The minimum absolute atomic E-state index is 0.406. The van der Waals surface area contributed by atoms with Crippen LogP contribution in [0, 0.1) is 0 Å². The first kappa shape index (κ1) is 19.6. The summed E-state index contributed by atoms with van der Waals surface area (Å²) >= 11 is 0. The third-order valence-electron chi connectivity index (χ3n) is 5.07.